The van der Waals surface area contributed by atoms with Gasteiger partial charge in [0.25, 0.3) is 0 Å². The number of benzene rings is 1. The Hall–Kier alpha value is -2.27. The Kier molecular flexibility index (Phi) is 3.42. The number of hydrogen-bond acceptors (Lipinski definition) is 5. The molecule has 0 aliphatic carbocycles. The maximum atomic E-state index is 10.8. The highest BCUT2D eigenvalue weighted by Crippen LogP contribution is 2.14. The van der Waals surface area contributed by atoms with Crippen LogP contribution in [0.3, 0.4) is 0 Å². The highest BCUT2D eigenvalue weighted by molar-refractivity contribution is 5.77. The van der Waals surface area contributed by atoms with Crippen molar-refractivity contribution in [3.63, 3.8) is 0 Å². The minimum absolute atomic E-state index is 0.353. The van der Waals surface area contributed by atoms with E-state index in [1.165, 1.54) is 6.07 Å². The topological polar surface area (TPSA) is 74.5 Å². The second-order valence-electron chi connectivity index (χ2n) is 3.38. The van der Waals surface area contributed by atoms with Crippen LogP contribution in [-0.2, 0) is 0 Å². The van der Waals surface area contributed by atoms with Crippen molar-refractivity contribution in [1.82, 2.24) is 10.9 Å². The minimum atomic E-state index is -0.700. The van der Waals surface area contributed by atoms with Crippen molar-refractivity contribution in [2.45, 2.75) is 0 Å². The standard InChI is InChI=1S/C9H6O3.C3H6N2/c10-7-5-6-3-1-2-4-8(6)12-9(7)11;1-2-4-5-3-1/h1-5,10H;1-2,4-5H,3H2. The van der Waals surface area contributed by atoms with Gasteiger partial charge in [0.2, 0.25) is 5.75 Å². The number of nitrogens with one attached hydrogen (secondary N) is 2. The van der Waals surface area contributed by atoms with Gasteiger partial charge in [0.05, 0.1) is 0 Å². The van der Waals surface area contributed by atoms with E-state index < -0.39 is 5.63 Å². The molecule has 0 amide bonds. The number of fused-ring (bicyclic) bond motifs is 1. The summed E-state index contributed by atoms with van der Waals surface area (Å²) < 4.78 is 4.79. The molecule has 2 heterocycles. The molecule has 17 heavy (non-hydrogen) atoms. The first-order valence-corrected chi connectivity index (χ1v) is 5.12. The molecule has 5 nitrogen and oxygen atoms in total. The number of hydrazine groups is 1. The van der Waals surface area contributed by atoms with Gasteiger partial charge in [-0.25, -0.2) is 10.2 Å². The molecule has 0 atom stereocenters. The molecule has 1 aromatic heterocycles. The fourth-order valence-corrected chi connectivity index (χ4v) is 1.35. The zero-order valence-corrected chi connectivity index (χ0v) is 9.01. The molecule has 2 aromatic rings. The van der Waals surface area contributed by atoms with Gasteiger partial charge in [-0.2, -0.15) is 0 Å². The van der Waals surface area contributed by atoms with Crippen LogP contribution >= 0.6 is 0 Å². The lowest BCUT2D eigenvalue weighted by molar-refractivity contribution is 0.428. The average molecular weight is 232 g/mol. The summed E-state index contributed by atoms with van der Waals surface area (Å²) in [6.07, 6.45) is 3.89. The van der Waals surface area contributed by atoms with Gasteiger partial charge >= 0.3 is 5.63 Å². The molecule has 0 radical (unpaired) electrons. The molecule has 88 valence electrons. The summed E-state index contributed by atoms with van der Waals surface area (Å²) in [6, 6.07) is 8.40. The Labute approximate surface area is 97.3 Å². The third kappa shape index (κ3) is 2.85. The zero-order chi connectivity index (χ0) is 12.1. The Balaban J connectivity index is 0.000000181. The summed E-state index contributed by atoms with van der Waals surface area (Å²) >= 11 is 0. The Morgan fingerprint density at radius 3 is 2.76 bits per heavy atom. The van der Waals surface area contributed by atoms with Crippen molar-refractivity contribution in [3.8, 4) is 5.75 Å². The molecule has 0 spiro atoms. The molecule has 1 aliphatic rings. The first-order valence-electron chi connectivity index (χ1n) is 5.12. The predicted molar refractivity (Wildman–Crippen MR) is 64.4 cm³/mol. The molecule has 0 fully saturated rings. The molecule has 3 N–H and O–H groups in total. The minimum Gasteiger partial charge on any atom is -0.502 e. The van der Waals surface area contributed by atoms with Gasteiger partial charge < -0.3 is 14.9 Å². The fourth-order valence-electron chi connectivity index (χ4n) is 1.35. The van der Waals surface area contributed by atoms with E-state index in [2.05, 4.69) is 10.9 Å². The highest BCUT2D eigenvalue weighted by atomic mass is 16.4. The van der Waals surface area contributed by atoms with E-state index in [9.17, 15) is 4.79 Å². The maximum Gasteiger partial charge on any atom is 0.378 e. The van der Waals surface area contributed by atoms with Gasteiger partial charge in [0.1, 0.15) is 5.58 Å². The lowest BCUT2D eigenvalue weighted by atomic mass is 10.2. The van der Waals surface area contributed by atoms with Crippen LogP contribution in [0, 0.1) is 0 Å². The van der Waals surface area contributed by atoms with Crippen molar-refractivity contribution in [3.05, 3.63) is 53.0 Å². The average Bonchev–Trinajstić information content (AvgIpc) is 2.89. The summed E-state index contributed by atoms with van der Waals surface area (Å²) in [5, 5.41) is 9.73. The molecule has 0 unspecified atom stereocenters. The molecule has 1 aliphatic heterocycles. The summed E-state index contributed by atoms with van der Waals surface area (Å²) in [6.45, 7) is 0.958. The third-order valence-corrected chi connectivity index (χ3v) is 2.15. The van der Waals surface area contributed by atoms with Crippen molar-refractivity contribution in [1.29, 1.82) is 0 Å². The maximum absolute atomic E-state index is 10.8. The van der Waals surface area contributed by atoms with Gasteiger partial charge in [-0.1, -0.05) is 24.3 Å². The van der Waals surface area contributed by atoms with E-state index in [1.54, 1.807) is 18.2 Å². The molecule has 3 rings (SSSR count). The van der Waals surface area contributed by atoms with Crippen LogP contribution < -0.4 is 16.5 Å². The number of para-hydroxylation sites is 1. The third-order valence-electron chi connectivity index (χ3n) is 2.15. The van der Waals surface area contributed by atoms with Gasteiger partial charge in [-0.05, 0) is 12.1 Å². The van der Waals surface area contributed by atoms with E-state index in [-0.39, 0.29) is 5.75 Å². The van der Waals surface area contributed by atoms with Gasteiger partial charge in [0, 0.05) is 18.1 Å². The van der Waals surface area contributed by atoms with Crippen LogP contribution in [0.25, 0.3) is 11.0 Å². The van der Waals surface area contributed by atoms with Gasteiger partial charge in [0.15, 0.2) is 0 Å². The van der Waals surface area contributed by atoms with E-state index in [0.717, 1.165) is 11.9 Å². The largest absolute Gasteiger partial charge is 0.502 e. The summed E-state index contributed by atoms with van der Waals surface area (Å²) in [5.74, 6) is -0.353. The van der Waals surface area contributed by atoms with E-state index >= 15 is 0 Å². The molecule has 5 heteroatoms. The normalized spacial score (nSPS) is 12.9. The highest BCUT2D eigenvalue weighted by Gasteiger charge is 2.00. The van der Waals surface area contributed by atoms with E-state index in [1.807, 2.05) is 18.3 Å². The summed E-state index contributed by atoms with van der Waals surface area (Å²) in [5.41, 5.74) is 5.44. The Bertz CT molecular complexity index is 584. The van der Waals surface area contributed by atoms with Crippen LogP contribution in [0.5, 0.6) is 5.75 Å². The zero-order valence-electron chi connectivity index (χ0n) is 9.01. The van der Waals surface area contributed by atoms with Crippen molar-refractivity contribution >= 4 is 11.0 Å². The first-order chi connectivity index (χ1) is 8.27. The van der Waals surface area contributed by atoms with Crippen LogP contribution in [0.4, 0.5) is 0 Å². The summed E-state index contributed by atoms with van der Waals surface area (Å²) in [7, 11) is 0. The van der Waals surface area contributed by atoms with Crippen molar-refractivity contribution in [2.75, 3.05) is 6.54 Å². The smallest absolute Gasteiger partial charge is 0.378 e. The molecular weight excluding hydrogens is 220 g/mol. The molecule has 1 aromatic carbocycles. The lowest BCUT2D eigenvalue weighted by Gasteiger charge is -1.94. The van der Waals surface area contributed by atoms with Crippen LogP contribution in [-0.4, -0.2) is 11.7 Å². The summed E-state index contributed by atoms with van der Waals surface area (Å²) in [4.78, 5) is 10.8. The second-order valence-corrected chi connectivity index (χ2v) is 3.38. The quantitative estimate of drug-likeness (QED) is 0.593. The molecular formula is C12H12N2O3. The monoisotopic (exact) mass is 232 g/mol. The SMILES string of the molecule is C1=CNNC1.O=c1oc2ccccc2cc1O. The van der Waals surface area contributed by atoms with Crippen LogP contribution in [0.15, 0.2) is 51.8 Å². The first kappa shape index (κ1) is 11.2. The van der Waals surface area contributed by atoms with E-state index in [0.29, 0.717) is 5.58 Å². The number of aromatic hydroxyl groups is 1. The molecule has 0 saturated heterocycles. The molecule has 0 saturated carbocycles. The van der Waals surface area contributed by atoms with Crippen LogP contribution in [0.2, 0.25) is 0 Å². The Morgan fingerprint density at radius 1 is 1.29 bits per heavy atom. The van der Waals surface area contributed by atoms with Crippen molar-refractivity contribution < 1.29 is 9.52 Å². The van der Waals surface area contributed by atoms with Crippen LogP contribution in [0.1, 0.15) is 0 Å². The second kappa shape index (κ2) is 5.18. The number of rotatable bonds is 0. The Morgan fingerprint density at radius 2 is 2.12 bits per heavy atom. The van der Waals surface area contributed by atoms with Gasteiger partial charge in [-0.15, -0.1) is 0 Å². The number of hydrogen-bond donors (Lipinski definition) is 3. The van der Waals surface area contributed by atoms with Gasteiger partial charge in [-0.3, -0.25) is 0 Å². The van der Waals surface area contributed by atoms with E-state index in [4.69, 9.17) is 9.52 Å². The molecule has 0 bridgehead atoms. The predicted octanol–water partition coefficient (Wildman–Crippen LogP) is 1.11. The lowest BCUT2D eigenvalue weighted by Crippen LogP contribution is -2.19. The van der Waals surface area contributed by atoms with Crippen molar-refractivity contribution in [2.24, 2.45) is 0 Å². The fraction of sp³-hybridized carbons (Fsp3) is 0.0833.